The lowest BCUT2D eigenvalue weighted by molar-refractivity contribution is 0.0412. The first-order valence-electron chi connectivity index (χ1n) is 11.5. The number of hydrogen-bond donors (Lipinski definition) is 0. The maximum Gasteiger partial charge on any atom is 0.409 e. The molecule has 1 amide bonds. The predicted molar refractivity (Wildman–Crippen MR) is 122 cm³/mol. The van der Waals surface area contributed by atoms with Crippen LogP contribution in [0, 0.1) is 13.8 Å². The van der Waals surface area contributed by atoms with E-state index >= 15 is 0 Å². The highest BCUT2D eigenvalue weighted by atomic mass is 16.6. The first kappa shape index (κ1) is 21.8. The zero-order chi connectivity index (χ0) is 21.8. The molecule has 2 aliphatic heterocycles. The van der Waals surface area contributed by atoms with Crippen molar-refractivity contribution >= 4 is 6.09 Å². The number of carbonyl (C=O) groups excluding carboxylic acids is 1. The van der Waals surface area contributed by atoms with Crippen LogP contribution in [0.1, 0.15) is 36.7 Å². The molecule has 3 heterocycles. The second-order valence-electron chi connectivity index (χ2n) is 8.76. The van der Waals surface area contributed by atoms with Gasteiger partial charge in [0.2, 0.25) is 0 Å². The largest absolute Gasteiger partial charge is 0.450 e. The summed E-state index contributed by atoms with van der Waals surface area (Å²) in [7, 11) is 0. The molecular formula is C24H35N5O2. The molecule has 7 heteroatoms. The second kappa shape index (κ2) is 9.83. The van der Waals surface area contributed by atoms with Crippen LogP contribution in [0.4, 0.5) is 4.79 Å². The number of carbonyl (C=O) groups is 1. The van der Waals surface area contributed by atoms with Crippen LogP contribution in [-0.4, -0.2) is 82.5 Å². The Labute approximate surface area is 185 Å². The zero-order valence-electron chi connectivity index (χ0n) is 19.1. The summed E-state index contributed by atoms with van der Waals surface area (Å²) >= 11 is 0. The lowest BCUT2D eigenvalue weighted by Gasteiger charge is -2.43. The fourth-order valence-corrected chi connectivity index (χ4v) is 4.89. The maximum absolute atomic E-state index is 12.0. The zero-order valence-corrected chi connectivity index (χ0v) is 19.1. The Balaban J connectivity index is 1.34. The van der Waals surface area contributed by atoms with Crippen molar-refractivity contribution in [1.82, 2.24) is 24.5 Å². The van der Waals surface area contributed by atoms with Crippen molar-refractivity contribution in [3.63, 3.8) is 0 Å². The number of piperazine rings is 1. The Kier molecular flexibility index (Phi) is 6.92. The lowest BCUT2D eigenvalue weighted by atomic mass is 10.0. The molecule has 1 aromatic heterocycles. The van der Waals surface area contributed by atoms with Crippen molar-refractivity contribution in [3.8, 4) is 5.69 Å². The molecule has 0 spiro atoms. The van der Waals surface area contributed by atoms with Gasteiger partial charge in [-0.1, -0.05) is 12.1 Å². The van der Waals surface area contributed by atoms with Crippen LogP contribution in [-0.2, 0) is 11.3 Å². The summed E-state index contributed by atoms with van der Waals surface area (Å²) < 4.78 is 7.18. The number of piperidine rings is 1. The van der Waals surface area contributed by atoms with E-state index in [0.29, 0.717) is 12.6 Å². The third kappa shape index (κ3) is 5.28. The van der Waals surface area contributed by atoms with Gasteiger partial charge in [0.15, 0.2) is 0 Å². The van der Waals surface area contributed by atoms with Crippen molar-refractivity contribution in [2.45, 2.75) is 46.2 Å². The van der Waals surface area contributed by atoms with Crippen LogP contribution < -0.4 is 0 Å². The highest BCUT2D eigenvalue weighted by Gasteiger charge is 2.29. The Morgan fingerprint density at radius 1 is 1.13 bits per heavy atom. The van der Waals surface area contributed by atoms with E-state index in [1.165, 1.54) is 18.4 Å². The van der Waals surface area contributed by atoms with Crippen molar-refractivity contribution in [2.75, 3.05) is 45.9 Å². The molecule has 1 aromatic carbocycles. The Morgan fingerprint density at radius 3 is 2.65 bits per heavy atom. The van der Waals surface area contributed by atoms with Crippen LogP contribution in [0.25, 0.3) is 5.69 Å². The number of rotatable bonds is 5. The highest BCUT2D eigenvalue weighted by Crippen LogP contribution is 2.21. The summed E-state index contributed by atoms with van der Waals surface area (Å²) in [6.45, 7) is 13.0. The highest BCUT2D eigenvalue weighted by molar-refractivity contribution is 5.67. The average molecular weight is 426 g/mol. The molecule has 0 N–H and O–H groups in total. The molecular weight excluding hydrogens is 390 g/mol. The van der Waals surface area contributed by atoms with Crippen LogP contribution in [0.2, 0.25) is 0 Å². The SMILES string of the molecule is CCOC(=O)N1CCN([C@@H]2CCCN(Cc3cccc(-n4nc(C)cc4C)c3)C2)CC1. The van der Waals surface area contributed by atoms with Gasteiger partial charge in [0.1, 0.15) is 0 Å². The minimum absolute atomic E-state index is 0.171. The van der Waals surface area contributed by atoms with Gasteiger partial charge in [0, 0.05) is 51.0 Å². The molecule has 7 nitrogen and oxygen atoms in total. The summed E-state index contributed by atoms with van der Waals surface area (Å²) in [5.74, 6) is 0. The topological polar surface area (TPSA) is 53.8 Å². The molecule has 0 saturated carbocycles. The first-order chi connectivity index (χ1) is 15.0. The summed E-state index contributed by atoms with van der Waals surface area (Å²) in [5.41, 5.74) is 4.67. The van der Waals surface area contributed by atoms with Gasteiger partial charge in [0.05, 0.1) is 18.0 Å². The third-order valence-electron chi connectivity index (χ3n) is 6.41. The number of ether oxygens (including phenoxy) is 1. The Bertz CT molecular complexity index is 888. The Hall–Kier alpha value is -2.38. The standard InChI is InChI=1S/C24H35N5O2/c1-4-31-24(30)28-13-11-27(12-14-28)23-9-6-10-26(18-23)17-21-7-5-8-22(16-21)29-20(3)15-19(2)25-29/h5,7-8,15-16,23H,4,6,9-14,17-18H2,1-3H3/t23-/m1/s1. The van der Waals surface area contributed by atoms with Gasteiger partial charge < -0.3 is 9.64 Å². The van der Waals surface area contributed by atoms with Crippen LogP contribution in [0.5, 0.6) is 0 Å². The van der Waals surface area contributed by atoms with Gasteiger partial charge in [-0.2, -0.15) is 5.10 Å². The number of nitrogens with zero attached hydrogens (tertiary/aromatic N) is 5. The maximum atomic E-state index is 12.0. The number of aromatic nitrogens is 2. The van der Waals surface area contributed by atoms with Crippen molar-refractivity contribution < 1.29 is 9.53 Å². The minimum Gasteiger partial charge on any atom is -0.450 e. The van der Waals surface area contributed by atoms with Crippen LogP contribution >= 0.6 is 0 Å². The number of likely N-dealkylation sites (tertiary alicyclic amines) is 1. The minimum atomic E-state index is -0.171. The van der Waals surface area contributed by atoms with Crippen molar-refractivity contribution in [2.24, 2.45) is 0 Å². The molecule has 31 heavy (non-hydrogen) atoms. The molecule has 0 radical (unpaired) electrons. The van der Waals surface area contributed by atoms with E-state index in [1.807, 2.05) is 23.4 Å². The molecule has 2 saturated heterocycles. The van der Waals surface area contributed by atoms with E-state index in [-0.39, 0.29) is 6.09 Å². The molecule has 2 fully saturated rings. The van der Waals surface area contributed by atoms with E-state index in [4.69, 9.17) is 4.74 Å². The van der Waals surface area contributed by atoms with Crippen LogP contribution in [0.15, 0.2) is 30.3 Å². The predicted octanol–water partition coefficient (Wildman–Crippen LogP) is 3.23. The molecule has 2 aromatic rings. The first-order valence-corrected chi connectivity index (χ1v) is 11.5. The lowest BCUT2D eigenvalue weighted by Crippen LogP contribution is -2.55. The van der Waals surface area contributed by atoms with E-state index in [1.54, 1.807) is 0 Å². The van der Waals surface area contributed by atoms with Crippen molar-refractivity contribution in [1.29, 1.82) is 0 Å². The van der Waals surface area contributed by atoms with Gasteiger partial charge in [-0.05, 0) is 63.9 Å². The third-order valence-corrected chi connectivity index (χ3v) is 6.41. The monoisotopic (exact) mass is 425 g/mol. The van der Waals surface area contributed by atoms with Gasteiger partial charge in [-0.25, -0.2) is 9.48 Å². The summed E-state index contributed by atoms with van der Waals surface area (Å²) in [4.78, 5) is 18.9. The number of hydrogen-bond acceptors (Lipinski definition) is 5. The number of amides is 1. The molecule has 0 aliphatic carbocycles. The molecule has 0 bridgehead atoms. The van der Waals surface area contributed by atoms with Crippen LogP contribution in [0.3, 0.4) is 0 Å². The van der Waals surface area contributed by atoms with E-state index < -0.39 is 0 Å². The van der Waals surface area contributed by atoms with Gasteiger partial charge >= 0.3 is 6.09 Å². The normalized spacial score (nSPS) is 20.7. The number of benzene rings is 1. The average Bonchev–Trinajstić information content (AvgIpc) is 3.12. The van der Waals surface area contributed by atoms with E-state index in [2.05, 4.69) is 52.2 Å². The molecule has 168 valence electrons. The quantitative estimate of drug-likeness (QED) is 0.736. The fourth-order valence-electron chi connectivity index (χ4n) is 4.89. The molecule has 2 aliphatic rings. The summed E-state index contributed by atoms with van der Waals surface area (Å²) in [6, 6.07) is 11.4. The van der Waals surface area contributed by atoms with Gasteiger partial charge in [-0.15, -0.1) is 0 Å². The number of aryl methyl sites for hydroxylation is 2. The van der Waals surface area contributed by atoms with Gasteiger partial charge in [-0.3, -0.25) is 9.80 Å². The fraction of sp³-hybridized carbons (Fsp3) is 0.583. The van der Waals surface area contributed by atoms with E-state index in [9.17, 15) is 4.79 Å². The van der Waals surface area contributed by atoms with E-state index in [0.717, 1.165) is 62.9 Å². The summed E-state index contributed by atoms with van der Waals surface area (Å²) in [6.07, 6.45) is 2.29. The molecule has 4 rings (SSSR count). The molecule has 0 unspecified atom stereocenters. The Morgan fingerprint density at radius 2 is 1.94 bits per heavy atom. The second-order valence-corrected chi connectivity index (χ2v) is 8.76. The van der Waals surface area contributed by atoms with Crippen molar-refractivity contribution in [3.05, 3.63) is 47.3 Å². The van der Waals surface area contributed by atoms with Gasteiger partial charge in [0.25, 0.3) is 0 Å². The molecule has 1 atom stereocenters. The summed E-state index contributed by atoms with van der Waals surface area (Å²) in [5, 5.41) is 4.63. The smallest absolute Gasteiger partial charge is 0.409 e.